The summed E-state index contributed by atoms with van der Waals surface area (Å²) in [5, 5.41) is 8.37. The summed E-state index contributed by atoms with van der Waals surface area (Å²) in [4.78, 5) is 21.4. The van der Waals surface area contributed by atoms with Crippen LogP contribution in [0.1, 0.15) is 22.3 Å². The molecule has 1 aromatic rings. The Morgan fingerprint density at radius 2 is 2.18 bits per heavy atom. The molecule has 0 unspecified atom stereocenters. The van der Waals surface area contributed by atoms with Gasteiger partial charge in [0.15, 0.2) is 5.82 Å². The number of carbonyl (C=O) groups excluding carboxylic acids is 1. The lowest BCUT2D eigenvalue weighted by molar-refractivity contribution is -0.135. The molecule has 5 heteroatoms. The van der Waals surface area contributed by atoms with Crippen LogP contribution in [0.15, 0.2) is 18.2 Å². The number of halogens is 1. The minimum atomic E-state index is -1.10. The van der Waals surface area contributed by atoms with Gasteiger partial charge in [0, 0.05) is 0 Å². The van der Waals surface area contributed by atoms with Gasteiger partial charge in [0.05, 0.1) is 18.2 Å². The monoisotopic (exact) mass is 236 g/mol. The highest BCUT2D eigenvalue weighted by atomic mass is 19.1. The summed E-state index contributed by atoms with van der Waals surface area (Å²) in [6.07, 6.45) is -0.387. The van der Waals surface area contributed by atoms with E-state index in [1.807, 2.05) is 0 Å². The highest BCUT2D eigenvalue weighted by Crippen LogP contribution is 2.12. The van der Waals surface area contributed by atoms with Crippen molar-refractivity contribution in [2.24, 2.45) is 0 Å². The minimum Gasteiger partial charge on any atom is -0.481 e. The molecule has 0 fully saturated rings. The maximum atomic E-state index is 13.7. The highest BCUT2D eigenvalue weighted by Gasteiger charge is 2.13. The van der Waals surface area contributed by atoms with Gasteiger partial charge in [-0.15, -0.1) is 0 Å². The number of aliphatic carboxylic acids is 1. The number of rotatable bonds is 2. The molecule has 0 atom stereocenters. The molecule has 17 heavy (non-hydrogen) atoms. The Kier molecular flexibility index (Phi) is 4.23. The molecule has 0 amide bonds. The third-order valence-electron chi connectivity index (χ3n) is 1.87. The topological polar surface area (TPSA) is 63.6 Å². The maximum absolute atomic E-state index is 13.7. The molecule has 0 heterocycles. The van der Waals surface area contributed by atoms with Gasteiger partial charge in [0.2, 0.25) is 0 Å². The molecule has 0 saturated heterocycles. The van der Waals surface area contributed by atoms with E-state index in [1.54, 1.807) is 0 Å². The Balaban J connectivity index is 3.05. The second kappa shape index (κ2) is 5.66. The van der Waals surface area contributed by atoms with Crippen LogP contribution in [0.2, 0.25) is 0 Å². The summed E-state index contributed by atoms with van der Waals surface area (Å²) in [5.74, 6) is 1.93. The lowest BCUT2D eigenvalue weighted by Gasteiger charge is -2.01. The molecule has 0 aliphatic heterocycles. The van der Waals surface area contributed by atoms with Gasteiger partial charge >= 0.3 is 11.9 Å². The van der Waals surface area contributed by atoms with Crippen molar-refractivity contribution in [1.82, 2.24) is 0 Å². The van der Waals surface area contributed by atoms with Gasteiger partial charge in [0.25, 0.3) is 0 Å². The van der Waals surface area contributed by atoms with E-state index >= 15 is 0 Å². The fourth-order valence-corrected chi connectivity index (χ4v) is 1.11. The smallest absolute Gasteiger partial charge is 0.340 e. The second-order valence-electron chi connectivity index (χ2n) is 3.03. The van der Waals surface area contributed by atoms with Crippen molar-refractivity contribution in [3.8, 4) is 11.8 Å². The first-order chi connectivity index (χ1) is 8.06. The Hall–Kier alpha value is -2.35. The van der Waals surface area contributed by atoms with E-state index in [-0.39, 0.29) is 17.5 Å². The van der Waals surface area contributed by atoms with Gasteiger partial charge in [-0.05, 0) is 12.1 Å². The Morgan fingerprint density at radius 3 is 2.76 bits per heavy atom. The fraction of sp³-hybridized carbons (Fsp3) is 0.167. The van der Waals surface area contributed by atoms with Gasteiger partial charge in [0.1, 0.15) is 6.42 Å². The third kappa shape index (κ3) is 3.31. The van der Waals surface area contributed by atoms with E-state index in [4.69, 9.17) is 5.11 Å². The number of carboxylic acids is 1. The van der Waals surface area contributed by atoms with E-state index in [0.29, 0.717) is 0 Å². The fourth-order valence-electron chi connectivity index (χ4n) is 1.11. The summed E-state index contributed by atoms with van der Waals surface area (Å²) in [6.45, 7) is 0. The molecule has 4 nitrogen and oxygen atoms in total. The largest absolute Gasteiger partial charge is 0.481 e. The number of carbonyl (C=O) groups is 2. The molecule has 0 aliphatic rings. The second-order valence-corrected chi connectivity index (χ2v) is 3.03. The first-order valence-electron chi connectivity index (χ1n) is 4.63. The van der Waals surface area contributed by atoms with Crippen molar-refractivity contribution in [3.05, 3.63) is 35.1 Å². The molecular formula is C12H9FO4. The number of ether oxygens (including phenoxy) is 1. The standard InChI is InChI=1S/C12H9FO4/c1-17-12(16)9-6-2-4-8(11(9)13)5-3-7-10(14)15/h2,4,6H,7H2,1H3,(H,14,15). The molecule has 0 radical (unpaired) electrons. The SMILES string of the molecule is COC(=O)c1cccc(C#CCC(=O)O)c1F. The summed E-state index contributed by atoms with van der Waals surface area (Å²) in [6, 6.07) is 4.07. The number of esters is 1. The number of hydrogen-bond donors (Lipinski definition) is 1. The molecular weight excluding hydrogens is 227 g/mol. The summed E-state index contributed by atoms with van der Waals surface area (Å²) >= 11 is 0. The van der Waals surface area contributed by atoms with Gasteiger partial charge < -0.3 is 9.84 Å². The van der Waals surface area contributed by atoms with Crippen molar-refractivity contribution in [3.63, 3.8) is 0 Å². The first kappa shape index (κ1) is 12.7. The van der Waals surface area contributed by atoms with Gasteiger partial charge in [-0.3, -0.25) is 4.79 Å². The Morgan fingerprint density at radius 1 is 1.47 bits per heavy atom. The first-order valence-corrected chi connectivity index (χ1v) is 4.63. The van der Waals surface area contributed by atoms with Crippen LogP contribution in [-0.4, -0.2) is 24.2 Å². The molecule has 0 aliphatic carbocycles. The van der Waals surface area contributed by atoms with Gasteiger partial charge in [-0.25, -0.2) is 9.18 Å². The maximum Gasteiger partial charge on any atom is 0.340 e. The van der Waals surface area contributed by atoms with Crippen LogP contribution in [0.5, 0.6) is 0 Å². The van der Waals surface area contributed by atoms with Gasteiger partial charge in [-0.2, -0.15) is 0 Å². The van der Waals surface area contributed by atoms with Crippen LogP contribution in [0.25, 0.3) is 0 Å². The number of benzene rings is 1. The van der Waals surface area contributed by atoms with E-state index in [0.717, 1.165) is 7.11 Å². The predicted molar refractivity (Wildman–Crippen MR) is 56.9 cm³/mol. The van der Waals surface area contributed by atoms with Crippen LogP contribution < -0.4 is 0 Å². The lowest BCUT2D eigenvalue weighted by atomic mass is 10.1. The van der Waals surface area contributed by atoms with E-state index in [9.17, 15) is 14.0 Å². The quantitative estimate of drug-likeness (QED) is 0.623. The summed E-state index contributed by atoms with van der Waals surface area (Å²) in [5.41, 5.74) is -0.260. The molecule has 0 saturated carbocycles. The summed E-state index contributed by atoms with van der Waals surface area (Å²) in [7, 11) is 1.14. The van der Waals surface area contributed by atoms with E-state index in [2.05, 4.69) is 16.6 Å². The molecule has 0 spiro atoms. The zero-order valence-corrected chi connectivity index (χ0v) is 8.99. The minimum absolute atomic E-state index is 0.0332. The highest BCUT2D eigenvalue weighted by molar-refractivity contribution is 5.90. The number of hydrogen-bond acceptors (Lipinski definition) is 3. The molecule has 88 valence electrons. The van der Waals surface area contributed by atoms with Crippen LogP contribution >= 0.6 is 0 Å². The third-order valence-corrected chi connectivity index (χ3v) is 1.87. The van der Waals surface area contributed by atoms with Crippen LogP contribution in [-0.2, 0) is 9.53 Å². The molecule has 1 N–H and O–H groups in total. The van der Waals surface area contributed by atoms with Crippen LogP contribution in [0.3, 0.4) is 0 Å². The molecule has 0 bridgehead atoms. The van der Waals surface area contributed by atoms with Crippen molar-refractivity contribution in [2.45, 2.75) is 6.42 Å². The van der Waals surface area contributed by atoms with Crippen molar-refractivity contribution in [2.75, 3.05) is 7.11 Å². The van der Waals surface area contributed by atoms with Gasteiger partial charge in [-0.1, -0.05) is 17.9 Å². The summed E-state index contributed by atoms with van der Waals surface area (Å²) < 4.78 is 18.1. The van der Waals surface area contributed by atoms with Crippen LogP contribution in [0, 0.1) is 17.7 Å². The average molecular weight is 236 g/mol. The Labute approximate surface area is 97.0 Å². The van der Waals surface area contributed by atoms with Crippen LogP contribution in [0.4, 0.5) is 4.39 Å². The number of carboxylic acid groups (broad SMARTS) is 1. The molecule has 1 aromatic carbocycles. The Bertz CT molecular complexity index is 511. The van der Waals surface area contributed by atoms with Crippen molar-refractivity contribution in [1.29, 1.82) is 0 Å². The lowest BCUT2D eigenvalue weighted by Crippen LogP contribution is -2.05. The zero-order chi connectivity index (χ0) is 12.8. The molecule has 0 aromatic heterocycles. The number of methoxy groups -OCH3 is 1. The van der Waals surface area contributed by atoms with Crippen molar-refractivity contribution >= 4 is 11.9 Å². The van der Waals surface area contributed by atoms with Crippen molar-refractivity contribution < 1.29 is 23.8 Å². The van der Waals surface area contributed by atoms with E-state index < -0.39 is 17.8 Å². The normalized spacial score (nSPS) is 9.06. The average Bonchev–Trinajstić information content (AvgIpc) is 2.30. The molecule has 1 rings (SSSR count). The zero-order valence-electron chi connectivity index (χ0n) is 8.99. The predicted octanol–water partition coefficient (Wildman–Crippen LogP) is 1.44. The van der Waals surface area contributed by atoms with E-state index in [1.165, 1.54) is 18.2 Å².